The fourth-order valence-electron chi connectivity index (χ4n) is 6.26. The lowest BCUT2D eigenvalue weighted by Gasteiger charge is -2.32. The van der Waals surface area contributed by atoms with Crippen molar-refractivity contribution in [3.8, 4) is 0 Å². The Hall–Kier alpha value is -4.96. The van der Waals surface area contributed by atoms with E-state index >= 15 is 0 Å². The monoisotopic (exact) mass is 648 g/mol. The maximum atomic E-state index is 14.1. The Morgan fingerprint density at radius 2 is 1.89 bits per heavy atom. The van der Waals surface area contributed by atoms with Gasteiger partial charge < -0.3 is 15.0 Å². The maximum absolute atomic E-state index is 14.1. The summed E-state index contributed by atoms with van der Waals surface area (Å²) in [6.45, 7) is 4.90. The van der Waals surface area contributed by atoms with Crippen LogP contribution < -0.4 is 20.4 Å². The number of likely N-dealkylation sites (tertiary alicyclic amines) is 1. The fourth-order valence-corrected chi connectivity index (χ4v) is 6.26. The molecule has 0 bridgehead atoms. The van der Waals surface area contributed by atoms with Crippen LogP contribution in [0.1, 0.15) is 53.3 Å². The van der Waals surface area contributed by atoms with E-state index in [1.54, 1.807) is 11.1 Å². The molecular weight excluding hydrogens is 614 g/mol. The highest BCUT2D eigenvalue weighted by Gasteiger charge is 2.28. The summed E-state index contributed by atoms with van der Waals surface area (Å²) >= 11 is 0. The SMILES string of the molecule is O=C1CCN(c2cccc(CN3CCC(n4cc(NC(=O)c5cnn6ccc(N7CCOCC7)nc56)c(C(F)F)n4)CC3)c2)C(=O)N1. The summed E-state index contributed by atoms with van der Waals surface area (Å²) in [5.74, 6) is -0.193. The minimum absolute atomic E-state index is 0.0450. The number of imide groups is 1. The number of rotatable bonds is 8. The van der Waals surface area contributed by atoms with Crippen LogP contribution in [-0.4, -0.2) is 93.1 Å². The van der Waals surface area contributed by atoms with Crippen molar-refractivity contribution in [2.45, 2.75) is 38.3 Å². The quantitative estimate of drug-likeness (QED) is 0.295. The molecule has 0 unspecified atom stereocenters. The van der Waals surface area contributed by atoms with Crippen LogP contribution in [0, 0.1) is 0 Å². The second kappa shape index (κ2) is 13.0. The molecular formula is C31H34F2N10O4. The molecule has 7 rings (SSSR count). The topological polar surface area (TPSA) is 142 Å². The number of halogens is 2. The van der Waals surface area contributed by atoms with Gasteiger partial charge in [0.2, 0.25) is 5.91 Å². The van der Waals surface area contributed by atoms with Crippen LogP contribution in [0.3, 0.4) is 0 Å². The third-order valence-electron chi connectivity index (χ3n) is 8.76. The van der Waals surface area contributed by atoms with E-state index in [0.717, 1.165) is 11.3 Å². The Bertz CT molecular complexity index is 1800. The largest absolute Gasteiger partial charge is 0.378 e. The number of piperidine rings is 1. The summed E-state index contributed by atoms with van der Waals surface area (Å²) in [5, 5.41) is 13.4. The number of nitrogens with one attached hydrogen (secondary N) is 2. The number of carbonyl (C=O) groups is 3. The van der Waals surface area contributed by atoms with E-state index in [-0.39, 0.29) is 29.6 Å². The average Bonchev–Trinajstić information content (AvgIpc) is 3.70. The molecule has 3 aliphatic heterocycles. The average molecular weight is 649 g/mol. The number of ether oxygens (including phenoxy) is 1. The first-order valence-electron chi connectivity index (χ1n) is 15.6. The molecule has 16 heteroatoms. The third kappa shape index (κ3) is 6.51. The van der Waals surface area contributed by atoms with Crippen LogP contribution in [0.2, 0.25) is 0 Å². The molecule has 6 heterocycles. The maximum Gasteiger partial charge on any atom is 0.328 e. The summed E-state index contributed by atoms with van der Waals surface area (Å²) < 4.78 is 36.6. The van der Waals surface area contributed by atoms with E-state index in [1.807, 2.05) is 30.3 Å². The predicted molar refractivity (Wildman–Crippen MR) is 167 cm³/mol. The number of fused-ring (bicyclic) bond motifs is 1. The van der Waals surface area contributed by atoms with Crippen molar-refractivity contribution >= 4 is 40.7 Å². The number of hydrogen-bond acceptors (Lipinski definition) is 9. The highest BCUT2D eigenvalue weighted by Crippen LogP contribution is 2.31. The second-order valence-corrected chi connectivity index (χ2v) is 11.8. The van der Waals surface area contributed by atoms with Crippen LogP contribution in [0.4, 0.5) is 30.8 Å². The van der Waals surface area contributed by atoms with Gasteiger partial charge in [-0.05, 0) is 36.6 Å². The number of anilines is 3. The molecule has 3 aliphatic rings. The van der Waals surface area contributed by atoms with Crippen molar-refractivity contribution in [3.05, 3.63) is 65.7 Å². The molecule has 0 atom stereocenters. The summed E-state index contributed by atoms with van der Waals surface area (Å²) in [5.41, 5.74) is 1.71. The van der Waals surface area contributed by atoms with Crippen LogP contribution >= 0.6 is 0 Å². The molecule has 3 fully saturated rings. The van der Waals surface area contributed by atoms with Crippen LogP contribution in [0.5, 0.6) is 0 Å². The summed E-state index contributed by atoms with van der Waals surface area (Å²) in [4.78, 5) is 47.6. The molecule has 3 aromatic heterocycles. The number of carbonyl (C=O) groups excluding carboxylic acids is 3. The molecule has 0 radical (unpaired) electrons. The first-order valence-corrected chi connectivity index (χ1v) is 15.6. The van der Waals surface area contributed by atoms with E-state index in [0.29, 0.717) is 76.8 Å². The Morgan fingerprint density at radius 1 is 1.09 bits per heavy atom. The Morgan fingerprint density at radius 3 is 2.66 bits per heavy atom. The molecule has 4 amide bonds. The van der Waals surface area contributed by atoms with E-state index in [2.05, 4.69) is 35.6 Å². The van der Waals surface area contributed by atoms with Crippen molar-refractivity contribution in [2.75, 3.05) is 61.1 Å². The highest BCUT2D eigenvalue weighted by atomic mass is 19.3. The van der Waals surface area contributed by atoms with E-state index in [4.69, 9.17) is 4.74 Å². The molecule has 0 saturated carbocycles. The minimum atomic E-state index is -2.88. The van der Waals surface area contributed by atoms with E-state index in [9.17, 15) is 23.2 Å². The van der Waals surface area contributed by atoms with Gasteiger partial charge >= 0.3 is 6.03 Å². The summed E-state index contributed by atoms with van der Waals surface area (Å²) in [6, 6.07) is 8.93. The zero-order valence-corrected chi connectivity index (χ0v) is 25.5. The lowest BCUT2D eigenvalue weighted by molar-refractivity contribution is -0.120. The van der Waals surface area contributed by atoms with E-state index < -0.39 is 24.1 Å². The van der Waals surface area contributed by atoms with Crippen molar-refractivity contribution in [1.29, 1.82) is 0 Å². The normalized spacial score (nSPS) is 18.3. The number of amides is 4. The number of benzene rings is 1. The van der Waals surface area contributed by atoms with E-state index in [1.165, 1.54) is 21.6 Å². The molecule has 4 aromatic rings. The van der Waals surface area contributed by atoms with Crippen molar-refractivity contribution < 1.29 is 27.9 Å². The predicted octanol–water partition coefficient (Wildman–Crippen LogP) is 3.24. The zero-order valence-electron chi connectivity index (χ0n) is 25.5. The number of alkyl halides is 2. The zero-order chi connectivity index (χ0) is 32.5. The van der Waals surface area contributed by atoms with Gasteiger partial charge in [-0.2, -0.15) is 10.2 Å². The molecule has 3 saturated heterocycles. The summed E-state index contributed by atoms with van der Waals surface area (Å²) in [6.07, 6.45) is 3.30. The molecule has 47 heavy (non-hydrogen) atoms. The molecule has 0 spiro atoms. The third-order valence-corrected chi connectivity index (χ3v) is 8.76. The van der Waals surface area contributed by atoms with Gasteiger partial charge in [0.15, 0.2) is 11.3 Å². The number of urea groups is 1. The number of hydrogen-bond donors (Lipinski definition) is 2. The molecule has 14 nitrogen and oxygen atoms in total. The van der Waals surface area contributed by atoms with Gasteiger partial charge in [-0.25, -0.2) is 23.1 Å². The summed E-state index contributed by atoms with van der Waals surface area (Å²) in [7, 11) is 0. The van der Waals surface area contributed by atoms with Gasteiger partial charge in [-0.3, -0.25) is 29.4 Å². The first kappa shape index (κ1) is 30.7. The molecule has 0 aliphatic carbocycles. The fraction of sp³-hybridized carbons (Fsp3) is 0.419. The molecule has 1 aromatic carbocycles. The number of nitrogens with zero attached hydrogens (tertiary/aromatic N) is 8. The van der Waals surface area contributed by atoms with Gasteiger partial charge in [-0.15, -0.1) is 0 Å². The van der Waals surface area contributed by atoms with Crippen molar-refractivity contribution in [1.82, 2.24) is 34.6 Å². The van der Waals surface area contributed by atoms with Crippen molar-refractivity contribution in [2.24, 2.45) is 0 Å². The first-order chi connectivity index (χ1) is 22.8. The molecule has 246 valence electrons. The molecule has 2 N–H and O–H groups in total. The second-order valence-electron chi connectivity index (χ2n) is 11.8. The van der Waals surface area contributed by atoms with Crippen LogP contribution in [-0.2, 0) is 16.1 Å². The Balaban J connectivity index is 1.00. The van der Waals surface area contributed by atoms with Gasteiger partial charge in [-0.1, -0.05) is 12.1 Å². The number of morpholine rings is 1. The van der Waals surface area contributed by atoms with Gasteiger partial charge in [0.25, 0.3) is 12.3 Å². The minimum Gasteiger partial charge on any atom is -0.378 e. The van der Waals surface area contributed by atoms with Crippen molar-refractivity contribution in [3.63, 3.8) is 0 Å². The smallest absolute Gasteiger partial charge is 0.328 e. The Labute approximate surface area is 268 Å². The van der Waals surface area contributed by atoms with Gasteiger partial charge in [0.1, 0.15) is 11.4 Å². The number of aromatic nitrogens is 5. The lowest BCUT2D eigenvalue weighted by atomic mass is 10.0. The van der Waals surface area contributed by atoms with Crippen LogP contribution in [0.15, 0.2) is 48.9 Å². The van der Waals surface area contributed by atoms with Gasteiger partial charge in [0.05, 0.1) is 31.1 Å². The Kier molecular flexibility index (Phi) is 8.51. The van der Waals surface area contributed by atoms with Crippen LogP contribution in [0.25, 0.3) is 5.65 Å². The standard InChI is InChI=1S/C31H34F2N10O4/c32-28(33)27-24(35-30(45)23-17-34-42-11-6-25(36-29(23)42)40-12-14-47-15-13-40)19-43(38-27)21-4-8-39(9-5-21)18-20-2-1-3-22(16-20)41-10-7-26(44)37-31(41)46/h1-3,6,11,16-17,19,21,28H,4-5,7-10,12-15,18H2,(H,35,45)(H,37,44,46). The van der Waals surface area contributed by atoms with Gasteiger partial charge in [0, 0.05) is 63.8 Å². The lowest BCUT2D eigenvalue weighted by Crippen LogP contribution is -2.49. The highest BCUT2D eigenvalue weighted by molar-refractivity contribution is 6.08.